The number of nitriles is 1. The monoisotopic (exact) mass is 380 g/mol. The Kier molecular flexibility index (Phi) is 5.26. The van der Waals surface area contributed by atoms with Crippen LogP contribution in [0.4, 0.5) is 0 Å². The fourth-order valence-corrected chi connectivity index (χ4v) is 6.82. The number of nitrogens with zero attached hydrogens (tertiary/aromatic N) is 4. The van der Waals surface area contributed by atoms with E-state index in [4.69, 9.17) is 11.6 Å². The van der Waals surface area contributed by atoms with Crippen molar-refractivity contribution in [1.29, 1.82) is 5.26 Å². The maximum Gasteiger partial charge on any atom is 0.137 e. The molecule has 1 unspecified atom stereocenters. The predicted molar refractivity (Wildman–Crippen MR) is 107 cm³/mol. The molecule has 0 saturated carbocycles. The van der Waals surface area contributed by atoms with Crippen molar-refractivity contribution >= 4 is 24.9 Å². The number of benzene rings is 2. The SMILES string of the molecule is C[Si](C)(CC(C#N)(Cn1cncn1)c1ccc(Cl)cc1)c1ccccc1. The third kappa shape index (κ3) is 3.87. The van der Waals surface area contributed by atoms with Gasteiger partial charge in [-0.25, -0.2) is 4.98 Å². The third-order valence-electron chi connectivity index (χ3n) is 4.81. The Morgan fingerprint density at radius 2 is 1.81 bits per heavy atom. The van der Waals surface area contributed by atoms with E-state index in [2.05, 4.69) is 53.5 Å². The summed E-state index contributed by atoms with van der Waals surface area (Å²) in [5.41, 5.74) is 0.278. The van der Waals surface area contributed by atoms with Crippen molar-refractivity contribution in [1.82, 2.24) is 14.8 Å². The average molecular weight is 381 g/mol. The van der Waals surface area contributed by atoms with Crippen molar-refractivity contribution in [3.63, 3.8) is 0 Å². The van der Waals surface area contributed by atoms with Crippen molar-refractivity contribution < 1.29 is 0 Å². The highest BCUT2D eigenvalue weighted by Crippen LogP contribution is 2.35. The second-order valence-corrected chi connectivity index (χ2v) is 12.4. The molecule has 0 N–H and O–H groups in total. The van der Waals surface area contributed by atoms with Crippen LogP contribution in [0.1, 0.15) is 5.56 Å². The van der Waals surface area contributed by atoms with E-state index in [0.29, 0.717) is 11.6 Å². The van der Waals surface area contributed by atoms with Gasteiger partial charge >= 0.3 is 0 Å². The molecule has 6 heteroatoms. The molecule has 26 heavy (non-hydrogen) atoms. The quantitative estimate of drug-likeness (QED) is 0.607. The van der Waals surface area contributed by atoms with Gasteiger partial charge in [0.25, 0.3) is 0 Å². The van der Waals surface area contributed by atoms with Gasteiger partial charge in [0.2, 0.25) is 0 Å². The van der Waals surface area contributed by atoms with Gasteiger partial charge in [-0.1, -0.05) is 72.3 Å². The third-order valence-corrected chi connectivity index (χ3v) is 8.44. The minimum absolute atomic E-state index is 0.467. The smallest absolute Gasteiger partial charge is 0.137 e. The van der Waals surface area contributed by atoms with E-state index in [9.17, 15) is 5.26 Å². The van der Waals surface area contributed by atoms with E-state index >= 15 is 0 Å². The molecule has 0 aliphatic carbocycles. The van der Waals surface area contributed by atoms with Crippen molar-refractivity contribution in [3.05, 3.63) is 77.8 Å². The lowest BCUT2D eigenvalue weighted by Gasteiger charge is -2.35. The topological polar surface area (TPSA) is 54.5 Å². The van der Waals surface area contributed by atoms with Gasteiger partial charge in [-0.2, -0.15) is 10.4 Å². The van der Waals surface area contributed by atoms with Gasteiger partial charge in [0, 0.05) is 5.02 Å². The van der Waals surface area contributed by atoms with E-state index in [1.165, 1.54) is 11.5 Å². The Bertz CT molecular complexity index is 886. The summed E-state index contributed by atoms with van der Waals surface area (Å²) in [7, 11) is -1.88. The van der Waals surface area contributed by atoms with Gasteiger partial charge in [-0.15, -0.1) is 0 Å². The van der Waals surface area contributed by atoms with E-state index < -0.39 is 13.5 Å². The Labute approximate surface area is 160 Å². The normalized spacial score (nSPS) is 13.8. The zero-order valence-electron chi connectivity index (χ0n) is 14.9. The molecule has 4 nitrogen and oxygen atoms in total. The predicted octanol–water partition coefficient (Wildman–Crippen LogP) is 4.01. The van der Waals surface area contributed by atoms with Crippen molar-refractivity contribution in [2.75, 3.05) is 0 Å². The lowest BCUT2D eigenvalue weighted by molar-refractivity contribution is 0.456. The molecule has 3 rings (SSSR count). The first-order valence-corrected chi connectivity index (χ1v) is 12.1. The summed E-state index contributed by atoms with van der Waals surface area (Å²) < 4.78 is 1.74. The maximum atomic E-state index is 10.3. The molecule has 1 aromatic heterocycles. The molecule has 0 fully saturated rings. The fraction of sp³-hybridized carbons (Fsp3) is 0.250. The highest BCUT2D eigenvalue weighted by atomic mass is 35.5. The molecule has 0 spiro atoms. The Balaban J connectivity index is 2.05. The van der Waals surface area contributed by atoms with Crippen LogP contribution in [-0.2, 0) is 12.0 Å². The molecule has 132 valence electrons. The van der Waals surface area contributed by atoms with Crippen LogP contribution in [-0.4, -0.2) is 22.8 Å². The van der Waals surface area contributed by atoms with Gasteiger partial charge in [-0.3, -0.25) is 4.68 Å². The minimum atomic E-state index is -1.88. The van der Waals surface area contributed by atoms with Gasteiger partial charge in [0.1, 0.15) is 12.7 Å². The van der Waals surface area contributed by atoms with Crippen LogP contribution >= 0.6 is 11.6 Å². The first-order valence-electron chi connectivity index (χ1n) is 8.50. The van der Waals surface area contributed by atoms with E-state index in [1.54, 1.807) is 11.0 Å². The van der Waals surface area contributed by atoms with Crippen LogP contribution in [0.25, 0.3) is 0 Å². The highest BCUT2D eigenvalue weighted by molar-refractivity contribution is 6.90. The molecular weight excluding hydrogens is 360 g/mol. The summed E-state index contributed by atoms with van der Waals surface area (Å²) in [6.07, 6.45) is 3.17. The second-order valence-electron chi connectivity index (χ2n) is 7.22. The highest BCUT2D eigenvalue weighted by Gasteiger charge is 2.41. The second kappa shape index (κ2) is 7.44. The van der Waals surface area contributed by atoms with Crippen LogP contribution in [0.2, 0.25) is 24.2 Å². The van der Waals surface area contributed by atoms with Gasteiger partial charge in [0.05, 0.1) is 26.1 Å². The van der Waals surface area contributed by atoms with Gasteiger partial charge in [0.15, 0.2) is 0 Å². The van der Waals surface area contributed by atoms with Crippen molar-refractivity contribution in [2.45, 2.75) is 31.1 Å². The van der Waals surface area contributed by atoms with Crippen LogP contribution in [0, 0.1) is 11.3 Å². The molecule has 0 amide bonds. The number of hydrogen-bond acceptors (Lipinski definition) is 3. The molecule has 2 aromatic carbocycles. The van der Waals surface area contributed by atoms with Gasteiger partial charge in [-0.05, 0) is 23.7 Å². The lowest BCUT2D eigenvalue weighted by atomic mass is 9.83. The van der Waals surface area contributed by atoms with Gasteiger partial charge < -0.3 is 0 Å². The molecule has 1 atom stereocenters. The first-order chi connectivity index (χ1) is 12.5. The molecule has 0 aliphatic rings. The zero-order valence-corrected chi connectivity index (χ0v) is 16.7. The molecular formula is C20H21ClN4Si. The molecule has 0 aliphatic heterocycles. The Hall–Kier alpha value is -2.42. The largest absolute Gasteiger partial charge is 0.251 e. The molecule has 0 saturated heterocycles. The van der Waals surface area contributed by atoms with E-state index in [0.717, 1.165) is 11.6 Å². The Morgan fingerprint density at radius 1 is 1.12 bits per heavy atom. The standard InChI is InChI=1S/C20H21ClN4Si/c1-26(2,19-6-4-3-5-7-19)14-20(12-22,13-25-16-23-15-24-25)17-8-10-18(21)11-9-17/h3-11,15-16H,13-14H2,1-2H3. The number of hydrogen-bond donors (Lipinski definition) is 0. The molecule has 0 bridgehead atoms. The molecule has 1 heterocycles. The Morgan fingerprint density at radius 3 is 2.38 bits per heavy atom. The van der Waals surface area contributed by atoms with Crippen LogP contribution in [0.5, 0.6) is 0 Å². The number of aromatic nitrogens is 3. The van der Waals surface area contributed by atoms with Crippen molar-refractivity contribution in [2.24, 2.45) is 0 Å². The van der Waals surface area contributed by atoms with Crippen LogP contribution < -0.4 is 5.19 Å². The number of rotatable bonds is 6. The summed E-state index contributed by atoms with van der Waals surface area (Å²) >= 11 is 6.07. The molecule has 3 aromatic rings. The summed E-state index contributed by atoms with van der Waals surface area (Å²) in [5, 5.41) is 16.5. The van der Waals surface area contributed by atoms with Crippen molar-refractivity contribution in [3.8, 4) is 6.07 Å². The summed E-state index contributed by atoms with van der Waals surface area (Å²) in [5.74, 6) is 0. The average Bonchev–Trinajstić information content (AvgIpc) is 3.15. The summed E-state index contributed by atoms with van der Waals surface area (Å²) in [4.78, 5) is 4.04. The first kappa shape index (κ1) is 18.4. The van der Waals surface area contributed by atoms with E-state index in [1.807, 2.05) is 30.3 Å². The lowest BCUT2D eigenvalue weighted by Crippen LogP contribution is -2.48. The fourth-order valence-electron chi connectivity index (χ4n) is 3.49. The molecule has 0 radical (unpaired) electrons. The summed E-state index contributed by atoms with van der Waals surface area (Å²) in [6, 6.07) is 21.5. The van der Waals surface area contributed by atoms with Crippen LogP contribution in [0.15, 0.2) is 67.3 Å². The zero-order chi connectivity index (χ0) is 18.6. The summed E-state index contributed by atoms with van der Waals surface area (Å²) in [6.45, 7) is 5.09. The maximum absolute atomic E-state index is 10.3. The van der Waals surface area contributed by atoms with E-state index in [-0.39, 0.29) is 0 Å². The van der Waals surface area contributed by atoms with Crippen LogP contribution in [0.3, 0.4) is 0 Å². The minimum Gasteiger partial charge on any atom is -0.251 e. The number of halogens is 1.